The van der Waals surface area contributed by atoms with Crippen molar-refractivity contribution in [2.75, 3.05) is 7.05 Å². The quantitative estimate of drug-likeness (QED) is 0.407. The molecule has 4 aromatic rings. The number of hydrogen-bond acceptors (Lipinski definition) is 8. The number of rotatable bonds is 5. The molecule has 0 unspecified atom stereocenters. The van der Waals surface area contributed by atoms with Gasteiger partial charge in [0.05, 0.1) is 22.2 Å². The van der Waals surface area contributed by atoms with Crippen molar-refractivity contribution in [1.82, 2.24) is 35.3 Å². The molecular formula is C24H23BrN8O2. The minimum Gasteiger partial charge on any atom is -0.421 e. The summed E-state index contributed by atoms with van der Waals surface area (Å²) in [5.74, 6) is 1.85. The average molecular weight is 535 g/mol. The highest BCUT2D eigenvalue weighted by Gasteiger charge is 2.40. The predicted molar refractivity (Wildman–Crippen MR) is 130 cm³/mol. The van der Waals surface area contributed by atoms with Crippen LogP contribution in [0.15, 0.2) is 33.4 Å². The van der Waals surface area contributed by atoms with Crippen molar-refractivity contribution in [3.63, 3.8) is 0 Å². The molecule has 178 valence electrons. The summed E-state index contributed by atoms with van der Waals surface area (Å²) < 4.78 is 7.80. The van der Waals surface area contributed by atoms with Gasteiger partial charge in [0.1, 0.15) is 16.5 Å². The van der Waals surface area contributed by atoms with Gasteiger partial charge in [0, 0.05) is 32.0 Å². The van der Waals surface area contributed by atoms with Crippen LogP contribution in [0.5, 0.6) is 0 Å². The lowest BCUT2D eigenvalue weighted by Gasteiger charge is -2.21. The number of carbonyl (C=O) groups is 1. The highest BCUT2D eigenvalue weighted by atomic mass is 79.9. The van der Waals surface area contributed by atoms with Crippen LogP contribution in [0, 0.1) is 29.6 Å². The van der Waals surface area contributed by atoms with Crippen LogP contribution in [0.3, 0.4) is 0 Å². The zero-order valence-corrected chi connectivity index (χ0v) is 21.1. The van der Waals surface area contributed by atoms with Gasteiger partial charge in [-0.15, -0.1) is 10.2 Å². The first kappa shape index (κ1) is 23.1. The summed E-state index contributed by atoms with van der Waals surface area (Å²) >= 11 is 3.50. The normalized spacial score (nSPS) is 19.7. The Morgan fingerprint density at radius 2 is 2.23 bits per heavy atom. The van der Waals surface area contributed by atoms with E-state index in [1.165, 1.54) is 0 Å². The second-order valence-corrected chi connectivity index (χ2v) is 9.90. The summed E-state index contributed by atoms with van der Waals surface area (Å²) in [7, 11) is 1.68. The predicted octanol–water partition coefficient (Wildman–Crippen LogP) is 3.90. The highest BCUT2D eigenvalue weighted by Crippen LogP contribution is 2.42. The fourth-order valence-corrected chi connectivity index (χ4v) is 5.27. The maximum Gasteiger partial charge on any atom is 0.249 e. The van der Waals surface area contributed by atoms with E-state index in [-0.39, 0.29) is 11.3 Å². The Morgan fingerprint density at radius 3 is 2.94 bits per heavy atom. The van der Waals surface area contributed by atoms with Gasteiger partial charge in [-0.1, -0.05) is 6.92 Å². The van der Waals surface area contributed by atoms with E-state index < -0.39 is 0 Å². The molecule has 1 fully saturated rings. The second kappa shape index (κ2) is 8.85. The topological polar surface area (TPSA) is 135 Å². The highest BCUT2D eigenvalue weighted by molar-refractivity contribution is 9.10. The Hall–Kier alpha value is -3.65. The largest absolute Gasteiger partial charge is 0.421 e. The lowest BCUT2D eigenvalue weighted by Crippen LogP contribution is -2.35. The van der Waals surface area contributed by atoms with Gasteiger partial charge in [-0.05, 0) is 59.3 Å². The fraction of sp³-hybridized carbons (Fsp3) is 0.375. The van der Waals surface area contributed by atoms with Crippen molar-refractivity contribution in [2.45, 2.75) is 39.5 Å². The Morgan fingerprint density at radius 1 is 1.40 bits per heavy atom. The lowest BCUT2D eigenvalue weighted by molar-refractivity contribution is -0.129. The molecule has 0 aliphatic heterocycles. The number of aryl methyl sites for hydroxylation is 1. The smallest absolute Gasteiger partial charge is 0.249 e. The number of fused-ring (bicyclic) bond motifs is 1. The maximum absolute atomic E-state index is 12.3. The molecule has 1 aromatic carbocycles. The summed E-state index contributed by atoms with van der Waals surface area (Å²) in [5.41, 5.74) is 1.91. The molecule has 2 atom stereocenters. The van der Waals surface area contributed by atoms with Crippen LogP contribution in [0.1, 0.15) is 43.5 Å². The molecule has 5 rings (SSSR count). The molecule has 35 heavy (non-hydrogen) atoms. The third-order valence-electron chi connectivity index (χ3n) is 6.64. The van der Waals surface area contributed by atoms with E-state index in [4.69, 9.17) is 9.40 Å². The van der Waals surface area contributed by atoms with Crippen LogP contribution >= 0.6 is 15.9 Å². The van der Waals surface area contributed by atoms with Crippen LogP contribution in [-0.4, -0.2) is 42.9 Å². The van der Waals surface area contributed by atoms with E-state index >= 15 is 0 Å². The minimum absolute atomic E-state index is 0.0887. The van der Waals surface area contributed by atoms with Crippen molar-refractivity contribution >= 4 is 32.9 Å². The Labute approximate surface area is 209 Å². The number of halogens is 1. The van der Waals surface area contributed by atoms with Crippen molar-refractivity contribution in [2.24, 2.45) is 11.3 Å². The van der Waals surface area contributed by atoms with Crippen LogP contribution in [0.25, 0.3) is 28.2 Å². The molecule has 10 nitrogen and oxygen atoms in total. The SMILES string of the molecule is CNC(=O)[C@]1(C)CC[C@@H](Cc2ncc3c(Br)nn(-c4ccc(-c5nnc(C)o5)c(C#N)c4)c3n2)C1. The van der Waals surface area contributed by atoms with Crippen molar-refractivity contribution < 1.29 is 9.21 Å². The van der Waals surface area contributed by atoms with Gasteiger partial charge in [0.25, 0.3) is 0 Å². The monoisotopic (exact) mass is 534 g/mol. The maximum atomic E-state index is 12.3. The molecule has 1 aliphatic carbocycles. The first-order chi connectivity index (χ1) is 16.8. The number of amides is 1. The van der Waals surface area contributed by atoms with Gasteiger partial charge in [0.15, 0.2) is 5.65 Å². The summed E-state index contributed by atoms with van der Waals surface area (Å²) in [6, 6.07) is 7.53. The molecule has 0 bridgehead atoms. The number of nitrogens with one attached hydrogen (secondary N) is 1. The molecular weight excluding hydrogens is 512 g/mol. The molecule has 1 N–H and O–H groups in total. The van der Waals surface area contributed by atoms with E-state index in [0.717, 1.165) is 24.6 Å². The molecule has 1 amide bonds. The second-order valence-electron chi connectivity index (χ2n) is 9.15. The van der Waals surface area contributed by atoms with Gasteiger partial charge < -0.3 is 9.73 Å². The zero-order valence-electron chi connectivity index (χ0n) is 19.5. The van der Waals surface area contributed by atoms with Crippen LogP contribution in [-0.2, 0) is 11.2 Å². The third kappa shape index (κ3) is 4.18. The summed E-state index contributed by atoms with van der Waals surface area (Å²) in [5, 5.41) is 25.8. The van der Waals surface area contributed by atoms with Crippen LogP contribution in [0.2, 0.25) is 0 Å². The van der Waals surface area contributed by atoms with Crippen molar-refractivity contribution in [3.8, 4) is 23.2 Å². The standard InChI is InChI=1S/C24H23BrN8O2/c1-13-30-31-22(35-13)17-5-4-16(9-15(17)11-26)33-21-18(20(25)32-33)12-28-19(29-21)8-14-6-7-24(2,10-14)23(34)27-3/h4-5,9,12,14H,6-8,10H2,1-3H3,(H,27,34)/t14-,24+/m0/s1. The van der Waals surface area contributed by atoms with Crippen LogP contribution < -0.4 is 5.32 Å². The van der Waals surface area contributed by atoms with Gasteiger partial charge in [0.2, 0.25) is 17.7 Å². The molecule has 0 saturated heterocycles. The van der Waals surface area contributed by atoms with Crippen molar-refractivity contribution in [1.29, 1.82) is 5.26 Å². The van der Waals surface area contributed by atoms with Crippen molar-refractivity contribution in [3.05, 3.63) is 46.3 Å². The molecule has 3 heterocycles. The molecule has 3 aromatic heterocycles. The number of benzene rings is 1. The van der Waals surface area contributed by atoms with E-state index in [0.29, 0.717) is 57.0 Å². The van der Waals surface area contributed by atoms with E-state index in [9.17, 15) is 10.1 Å². The Balaban J connectivity index is 1.47. The number of nitrogens with zero attached hydrogens (tertiary/aromatic N) is 7. The van der Waals surface area contributed by atoms with E-state index in [1.54, 1.807) is 37.0 Å². The molecule has 0 spiro atoms. The third-order valence-corrected chi connectivity index (χ3v) is 7.23. The number of aromatic nitrogens is 6. The summed E-state index contributed by atoms with van der Waals surface area (Å²) in [4.78, 5) is 21.7. The van der Waals surface area contributed by atoms with E-state index in [2.05, 4.69) is 47.6 Å². The molecule has 0 radical (unpaired) electrons. The van der Waals surface area contributed by atoms with Gasteiger partial charge in [-0.25, -0.2) is 14.6 Å². The number of nitriles is 1. The zero-order chi connectivity index (χ0) is 24.7. The summed E-state index contributed by atoms with van der Waals surface area (Å²) in [6.45, 7) is 3.72. The first-order valence-electron chi connectivity index (χ1n) is 11.3. The minimum atomic E-state index is -0.347. The molecule has 1 saturated carbocycles. The summed E-state index contributed by atoms with van der Waals surface area (Å²) in [6.07, 6.45) is 5.06. The lowest BCUT2D eigenvalue weighted by atomic mass is 9.86. The van der Waals surface area contributed by atoms with Crippen LogP contribution in [0.4, 0.5) is 0 Å². The van der Waals surface area contributed by atoms with E-state index in [1.807, 2.05) is 13.0 Å². The van der Waals surface area contributed by atoms with Gasteiger partial charge in [-0.2, -0.15) is 10.4 Å². The molecule has 11 heteroatoms. The Bertz CT molecular complexity index is 1490. The average Bonchev–Trinajstić information content (AvgIpc) is 3.55. The van der Waals surface area contributed by atoms with Gasteiger partial charge in [-0.3, -0.25) is 4.79 Å². The fourth-order valence-electron chi connectivity index (χ4n) is 4.84. The number of carbonyl (C=O) groups excluding carboxylic acids is 1. The number of hydrogen-bond donors (Lipinski definition) is 1. The van der Waals surface area contributed by atoms with Gasteiger partial charge >= 0.3 is 0 Å². The molecule has 1 aliphatic rings. The Kier molecular flexibility index (Phi) is 5.84. The first-order valence-corrected chi connectivity index (χ1v) is 12.1.